The van der Waals surface area contributed by atoms with Crippen molar-refractivity contribution in [2.24, 2.45) is 0 Å². The molecular formula is C12H21N5. The molecule has 17 heavy (non-hydrogen) atoms. The van der Waals surface area contributed by atoms with Gasteiger partial charge in [-0.2, -0.15) is 0 Å². The highest BCUT2D eigenvalue weighted by molar-refractivity contribution is 5.44. The number of anilines is 2. The van der Waals surface area contributed by atoms with E-state index in [1.54, 1.807) is 0 Å². The minimum Gasteiger partial charge on any atom is -0.366 e. The topological polar surface area (TPSA) is 44.3 Å². The van der Waals surface area contributed by atoms with Gasteiger partial charge < -0.3 is 15.1 Å². The van der Waals surface area contributed by atoms with Crippen molar-refractivity contribution < 1.29 is 0 Å². The summed E-state index contributed by atoms with van der Waals surface area (Å²) in [6, 6.07) is 4.43. The molecule has 1 aromatic rings. The van der Waals surface area contributed by atoms with Crippen LogP contribution in [0.3, 0.4) is 0 Å². The van der Waals surface area contributed by atoms with E-state index in [9.17, 15) is 0 Å². The van der Waals surface area contributed by atoms with Gasteiger partial charge in [-0.25, -0.2) is 0 Å². The third-order valence-electron chi connectivity index (χ3n) is 2.91. The molecule has 1 aliphatic rings. The minimum absolute atomic E-state index is 0.388. The molecule has 0 atom stereocenters. The highest BCUT2D eigenvalue weighted by Gasteiger charge is 2.15. The van der Waals surface area contributed by atoms with Crippen LogP contribution in [-0.2, 0) is 0 Å². The van der Waals surface area contributed by atoms with Crippen molar-refractivity contribution in [3.63, 3.8) is 0 Å². The van der Waals surface area contributed by atoms with Crippen molar-refractivity contribution in [1.29, 1.82) is 0 Å². The van der Waals surface area contributed by atoms with E-state index in [1.165, 1.54) is 0 Å². The maximum absolute atomic E-state index is 4.28. The SMILES string of the molecule is CC(C)Nc1ccc(N2CCN(C)CC2)nn1. The lowest BCUT2D eigenvalue weighted by Gasteiger charge is -2.32. The van der Waals surface area contributed by atoms with Crippen molar-refractivity contribution in [2.75, 3.05) is 43.4 Å². The molecule has 0 bridgehead atoms. The maximum Gasteiger partial charge on any atom is 0.151 e. The molecule has 1 fully saturated rings. The Kier molecular flexibility index (Phi) is 3.78. The summed E-state index contributed by atoms with van der Waals surface area (Å²) in [4.78, 5) is 4.62. The Morgan fingerprint density at radius 1 is 1.12 bits per heavy atom. The lowest BCUT2D eigenvalue weighted by molar-refractivity contribution is 0.312. The van der Waals surface area contributed by atoms with Crippen LogP contribution in [-0.4, -0.2) is 54.4 Å². The van der Waals surface area contributed by atoms with Crippen molar-refractivity contribution in [3.05, 3.63) is 12.1 Å². The molecule has 0 aromatic carbocycles. The van der Waals surface area contributed by atoms with E-state index >= 15 is 0 Å². The molecule has 1 N–H and O–H groups in total. The van der Waals surface area contributed by atoms with Gasteiger partial charge >= 0.3 is 0 Å². The van der Waals surface area contributed by atoms with Crippen LogP contribution in [0.15, 0.2) is 12.1 Å². The van der Waals surface area contributed by atoms with E-state index in [2.05, 4.69) is 46.2 Å². The van der Waals surface area contributed by atoms with E-state index in [-0.39, 0.29) is 0 Å². The van der Waals surface area contributed by atoms with Gasteiger partial charge in [0.2, 0.25) is 0 Å². The summed E-state index contributed by atoms with van der Waals surface area (Å²) in [6.45, 7) is 8.43. The summed E-state index contributed by atoms with van der Waals surface area (Å²) in [6.07, 6.45) is 0. The van der Waals surface area contributed by atoms with E-state index in [0.29, 0.717) is 6.04 Å². The van der Waals surface area contributed by atoms with Gasteiger partial charge in [-0.3, -0.25) is 0 Å². The number of hydrogen-bond donors (Lipinski definition) is 1. The Morgan fingerprint density at radius 3 is 2.35 bits per heavy atom. The van der Waals surface area contributed by atoms with Crippen molar-refractivity contribution in [3.8, 4) is 0 Å². The summed E-state index contributed by atoms with van der Waals surface area (Å²) >= 11 is 0. The van der Waals surface area contributed by atoms with Crippen molar-refractivity contribution in [2.45, 2.75) is 19.9 Å². The fourth-order valence-electron chi connectivity index (χ4n) is 1.90. The Bertz CT molecular complexity index is 340. The van der Waals surface area contributed by atoms with E-state index in [1.807, 2.05) is 12.1 Å². The Labute approximate surface area is 103 Å². The van der Waals surface area contributed by atoms with Gasteiger partial charge in [0.25, 0.3) is 0 Å². The smallest absolute Gasteiger partial charge is 0.151 e. The van der Waals surface area contributed by atoms with Crippen molar-refractivity contribution in [1.82, 2.24) is 15.1 Å². The Balaban J connectivity index is 1.97. The highest BCUT2D eigenvalue weighted by atomic mass is 15.3. The number of nitrogens with zero attached hydrogens (tertiary/aromatic N) is 4. The number of piperazine rings is 1. The summed E-state index contributed by atoms with van der Waals surface area (Å²) in [5.41, 5.74) is 0. The lowest BCUT2D eigenvalue weighted by Crippen LogP contribution is -2.44. The molecule has 2 heterocycles. The van der Waals surface area contributed by atoms with Gasteiger partial charge in [0.15, 0.2) is 5.82 Å². The number of rotatable bonds is 3. The molecule has 0 saturated carbocycles. The van der Waals surface area contributed by atoms with E-state index in [4.69, 9.17) is 0 Å². The number of aromatic nitrogens is 2. The molecule has 94 valence electrons. The van der Waals surface area contributed by atoms with Crippen LogP contribution in [0.1, 0.15) is 13.8 Å². The average molecular weight is 235 g/mol. The van der Waals surface area contributed by atoms with Crippen LogP contribution in [0.5, 0.6) is 0 Å². The zero-order valence-corrected chi connectivity index (χ0v) is 10.8. The average Bonchev–Trinajstić information content (AvgIpc) is 2.30. The van der Waals surface area contributed by atoms with Gasteiger partial charge in [0.1, 0.15) is 5.82 Å². The first-order valence-electron chi connectivity index (χ1n) is 6.19. The summed E-state index contributed by atoms with van der Waals surface area (Å²) in [5, 5.41) is 11.7. The van der Waals surface area contributed by atoms with Gasteiger partial charge in [-0.05, 0) is 33.0 Å². The molecular weight excluding hydrogens is 214 g/mol. The molecule has 0 radical (unpaired) electrons. The maximum atomic E-state index is 4.28. The fourth-order valence-corrected chi connectivity index (χ4v) is 1.90. The Hall–Kier alpha value is -1.36. The first-order valence-corrected chi connectivity index (χ1v) is 6.19. The van der Waals surface area contributed by atoms with Gasteiger partial charge in [-0.1, -0.05) is 0 Å². The van der Waals surface area contributed by atoms with Crippen LogP contribution in [0.2, 0.25) is 0 Å². The Morgan fingerprint density at radius 2 is 1.82 bits per heavy atom. The van der Waals surface area contributed by atoms with Crippen LogP contribution in [0.4, 0.5) is 11.6 Å². The monoisotopic (exact) mass is 235 g/mol. The van der Waals surface area contributed by atoms with Gasteiger partial charge in [0, 0.05) is 32.2 Å². The first kappa shape index (κ1) is 12.1. The number of likely N-dealkylation sites (N-methyl/N-ethyl adjacent to an activating group) is 1. The minimum atomic E-state index is 0.388. The quantitative estimate of drug-likeness (QED) is 0.848. The third-order valence-corrected chi connectivity index (χ3v) is 2.91. The largest absolute Gasteiger partial charge is 0.366 e. The normalized spacial score (nSPS) is 17.5. The molecule has 1 aromatic heterocycles. The zero-order chi connectivity index (χ0) is 12.3. The highest BCUT2D eigenvalue weighted by Crippen LogP contribution is 2.13. The van der Waals surface area contributed by atoms with Crippen LogP contribution >= 0.6 is 0 Å². The lowest BCUT2D eigenvalue weighted by atomic mass is 10.3. The van der Waals surface area contributed by atoms with E-state index in [0.717, 1.165) is 37.8 Å². The molecule has 0 unspecified atom stereocenters. The molecule has 0 amide bonds. The third kappa shape index (κ3) is 3.30. The molecule has 1 aliphatic heterocycles. The molecule has 5 heteroatoms. The van der Waals surface area contributed by atoms with Crippen LogP contribution in [0, 0.1) is 0 Å². The predicted octanol–water partition coefficient (Wildman–Crippen LogP) is 1.05. The molecule has 1 saturated heterocycles. The van der Waals surface area contributed by atoms with Gasteiger partial charge in [-0.15, -0.1) is 10.2 Å². The first-order chi connectivity index (χ1) is 8.15. The second-order valence-corrected chi connectivity index (χ2v) is 4.87. The molecule has 2 rings (SSSR count). The second kappa shape index (κ2) is 5.31. The van der Waals surface area contributed by atoms with Crippen molar-refractivity contribution >= 4 is 11.6 Å². The van der Waals surface area contributed by atoms with Crippen LogP contribution < -0.4 is 10.2 Å². The molecule has 5 nitrogen and oxygen atoms in total. The second-order valence-electron chi connectivity index (χ2n) is 4.87. The summed E-state index contributed by atoms with van der Waals surface area (Å²) in [7, 11) is 2.15. The molecule has 0 aliphatic carbocycles. The predicted molar refractivity (Wildman–Crippen MR) is 70.5 cm³/mol. The van der Waals surface area contributed by atoms with Gasteiger partial charge in [0.05, 0.1) is 0 Å². The van der Waals surface area contributed by atoms with E-state index < -0.39 is 0 Å². The number of nitrogens with one attached hydrogen (secondary N) is 1. The standard InChI is InChI=1S/C12H21N5/c1-10(2)13-11-4-5-12(15-14-11)17-8-6-16(3)7-9-17/h4-5,10H,6-9H2,1-3H3,(H,13,14). The zero-order valence-electron chi connectivity index (χ0n) is 10.8. The van der Waals surface area contributed by atoms with Crippen LogP contribution in [0.25, 0.3) is 0 Å². The number of hydrogen-bond acceptors (Lipinski definition) is 5. The summed E-state index contributed by atoms with van der Waals surface area (Å²) in [5.74, 6) is 1.82. The fraction of sp³-hybridized carbons (Fsp3) is 0.667. The molecule has 0 spiro atoms. The summed E-state index contributed by atoms with van der Waals surface area (Å²) < 4.78 is 0.